The van der Waals surface area contributed by atoms with Gasteiger partial charge in [0.25, 0.3) is 0 Å². The van der Waals surface area contributed by atoms with E-state index in [1.165, 1.54) is 12.1 Å². The summed E-state index contributed by atoms with van der Waals surface area (Å²) in [4.78, 5) is 6.26. The second-order valence-corrected chi connectivity index (χ2v) is 6.03. The third-order valence-electron chi connectivity index (χ3n) is 3.89. The summed E-state index contributed by atoms with van der Waals surface area (Å²) in [6, 6.07) is 14.7. The van der Waals surface area contributed by atoms with E-state index in [4.69, 9.17) is 4.74 Å². The van der Waals surface area contributed by atoms with Crippen LogP contribution in [-0.2, 0) is 24.4 Å². The highest BCUT2D eigenvalue weighted by atomic mass is 19.3. The Morgan fingerprint density at radius 2 is 1.81 bits per heavy atom. The van der Waals surface area contributed by atoms with Crippen LogP contribution >= 0.6 is 0 Å². The van der Waals surface area contributed by atoms with Gasteiger partial charge in [-0.2, -0.15) is 8.78 Å². The van der Waals surface area contributed by atoms with Crippen LogP contribution in [0.4, 0.5) is 8.78 Å². The molecular formula is C20H25F2N3O2. The lowest BCUT2D eigenvalue weighted by Gasteiger charge is -2.22. The molecule has 0 unspecified atom stereocenters. The van der Waals surface area contributed by atoms with E-state index in [-0.39, 0.29) is 5.75 Å². The molecule has 0 spiro atoms. The molecule has 0 saturated heterocycles. The van der Waals surface area contributed by atoms with Crippen molar-refractivity contribution in [2.45, 2.75) is 26.3 Å². The van der Waals surface area contributed by atoms with E-state index in [2.05, 4.69) is 21.1 Å². The van der Waals surface area contributed by atoms with E-state index in [0.29, 0.717) is 19.7 Å². The van der Waals surface area contributed by atoms with Gasteiger partial charge < -0.3 is 19.7 Å². The highest BCUT2D eigenvalue weighted by Crippen LogP contribution is 2.16. The Balaban J connectivity index is 1.91. The largest absolute Gasteiger partial charge is 0.435 e. The highest BCUT2D eigenvalue weighted by molar-refractivity contribution is 5.79. The van der Waals surface area contributed by atoms with Gasteiger partial charge >= 0.3 is 6.61 Å². The maximum Gasteiger partial charge on any atom is 0.387 e. The molecular weight excluding hydrogens is 352 g/mol. The number of hydrogen-bond donors (Lipinski definition) is 1. The zero-order chi connectivity index (χ0) is 19.6. The summed E-state index contributed by atoms with van der Waals surface area (Å²) in [6.07, 6.45) is 0. The first-order valence-electron chi connectivity index (χ1n) is 8.54. The van der Waals surface area contributed by atoms with Crippen LogP contribution in [0.2, 0.25) is 0 Å². The number of aliphatic imine (C=N–C) groups is 1. The number of nitrogens with one attached hydrogen (secondary N) is 1. The van der Waals surface area contributed by atoms with E-state index in [1.54, 1.807) is 26.3 Å². The molecule has 0 atom stereocenters. The minimum Gasteiger partial charge on any atom is -0.435 e. The summed E-state index contributed by atoms with van der Waals surface area (Å²) in [5.41, 5.74) is 3.21. The number of rotatable bonds is 8. The molecule has 0 fully saturated rings. The first kappa shape index (κ1) is 20.6. The molecule has 0 saturated carbocycles. The second-order valence-electron chi connectivity index (χ2n) is 6.03. The molecule has 2 rings (SSSR count). The molecule has 0 aromatic heterocycles. The maximum absolute atomic E-state index is 12.2. The fourth-order valence-corrected chi connectivity index (χ4v) is 2.69. The van der Waals surface area contributed by atoms with Crippen LogP contribution in [0.15, 0.2) is 53.5 Å². The van der Waals surface area contributed by atoms with Crippen LogP contribution < -0.4 is 10.1 Å². The zero-order valence-electron chi connectivity index (χ0n) is 15.8. The van der Waals surface area contributed by atoms with Crippen molar-refractivity contribution < 1.29 is 18.3 Å². The average Bonchev–Trinajstić information content (AvgIpc) is 2.64. The lowest BCUT2D eigenvalue weighted by molar-refractivity contribution is -0.0498. The van der Waals surface area contributed by atoms with E-state index >= 15 is 0 Å². The van der Waals surface area contributed by atoms with Crippen LogP contribution in [0.3, 0.4) is 0 Å². The summed E-state index contributed by atoms with van der Waals surface area (Å²) in [7, 11) is 5.31. The van der Waals surface area contributed by atoms with Gasteiger partial charge in [0.2, 0.25) is 0 Å². The van der Waals surface area contributed by atoms with Crippen molar-refractivity contribution in [2.24, 2.45) is 4.99 Å². The Morgan fingerprint density at radius 1 is 1.11 bits per heavy atom. The fraction of sp³-hybridized carbons (Fsp3) is 0.350. The van der Waals surface area contributed by atoms with Crippen LogP contribution in [0.25, 0.3) is 0 Å². The zero-order valence-corrected chi connectivity index (χ0v) is 15.8. The summed E-state index contributed by atoms with van der Waals surface area (Å²) in [5.74, 6) is 0.884. The van der Waals surface area contributed by atoms with E-state index in [0.717, 1.165) is 22.6 Å². The number of alkyl halides is 2. The molecule has 0 aliphatic carbocycles. The van der Waals surface area contributed by atoms with Gasteiger partial charge in [0, 0.05) is 34.3 Å². The molecule has 0 bridgehead atoms. The number of methoxy groups -OCH3 is 1. The van der Waals surface area contributed by atoms with Crippen molar-refractivity contribution in [3.05, 3.63) is 65.2 Å². The number of hydrogen-bond acceptors (Lipinski definition) is 3. The Hall–Kier alpha value is -2.67. The van der Waals surface area contributed by atoms with Crippen molar-refractivity contribution in [1.82, 2.24) is 10.2 Å². The second kappa shape index (κ2) is 10.5. The molecule has 1 N–H and O–H groups in total. The van der Waals surface area contributed by atoms with Gasteiger partial charge in [-0.15, -0.1) is 0 Å². The lowest BCUT2D eigenvalue weighted by atomic mass is 10.1. The first-order chi connectivity index (χ1) is 13.0. The molecule has 0 radical (unpaired) electrons. The molecule has 2 aromatic carbocycles. The predicted molar refractivity (Wildman–Crippen MR) is 102 cm³/mol. The SMILES string of the molecule is CN=C(NCc1cccc(COC)c1)N(C)Cc1ccc(OC(F)F)cc1. The Kier molecular flexibility index (Phi) is 8.00. The minimum atomic E-state index is -2.82. The highest BCUT2D eigenvalue weighted by Gasteiger charge is 2.08. The molecule has 0 amide bonds. The number of benzene rings is 2. The minimum absolute atomic E-state index is 0.148. The molecule has 0 aliphatic rings. The third-order valence-corrected chi connectivity index (χ3v) is 3.89. The molecule has 0 aliphatic heterocycles. The standard InChI is InChI=1S/C20H25F2N3O2/c1-23-20(24-12-16-5-4-6-17(11-16)14-26-3)25(2)13-15-7-9-18(10-8-15)27-19(21)22/h4-11,19H,12-14H2,1-3H3,(H,23,24). The topological polar surface area (TPSA) is 46.1 Å². The van der Waals surface area contributed by atoms with Crippen molar-refractivity contribution in [1.29, 1.82) is 0 Å². The first-order valence-corrected chi connectivity index (χ1v) is 8.54. The Bertz CT molecular complexity index is 736. The van der Waals surface area contributed by atoms with E-state index < -0.39 is 6.61 Å². The molecule has 146 valence electrons. The van der Waals surface area contributed by atoms with Gasteiger partial charge in [0.05, 0.1) is 6.61 Å². The van der Waals surface area contributed by atoms with Gasteiger partial charge in [-0.05, 0) is 28.8 Å². The Morgan fingerprint density at radius 3 is 2.44 bits per heavy atom. The monoisotopic (exact) mass is 377 g/mol. The molecule has 0 heterocycles. The van der Waals surface area contributed by atoms with Crippen molar-refractivity contribution >= 4 is 5.96 Å². The van der Waals surface area contributed by atoms with Gasteiger partial charge in [0.1, 0.15) is 5.75 Å². The average molecular weight is 377 g/mol. The Labute approximate surface area is 158 Å². The summed E-state index contributed by atoms with van der Waals surface area (Å²) >= 11 is 0. The smallest absolute Gasteiger partial charge is 0.387 e. The van der Waals surface area contributed by atoms with Gasteiger partial charge in [-0.1, -0.05) is 36.4 Å². The van der Waals surface area contributed by atoms with E-state index in [9.17, 15) is 8.78 Å². The van der Waals surface area contributed by atoms with E-state index in [1.807, 2.05) is 30.1 Å². The maximum atomic E-state index is 12.2. The summed E-state index contributed by atoms with van der Waals surface area (Å²) in [5, 5.41) is 3.32. The van der Waals surface area contributed by atoms with Crippen LogP contribution in [0.1, 0.15) is 16.7 Å². The third kappa shape index (κ3) is 6.86. The normalized spacial score (nSPS) is 11.6. The predicted octanol–water partition coefficient (Wildman–Crippen LogP) is 3.64. The van der Waals surface area contributed by atoms with Crippen LogP contribution in [0.5, 0.6) is 5.75 Å². The molecule has 7 heteroatoms. The molecule has 27 heavy (non-hydrogen) atoms. The summed E-state index contributed by atoms with van der Waals surface area (Å²) in [6.45, 7) is -1.02. The van der Waals surface area contributed by atoms with Gasteiger partial charge in [-0.25, -0.2) is 0 Å². The number of ether oxygens (including phenoxy) is 2. The quantitative estimate of drug-likeness (QED) is 0.564. The number of nitrogens with zero attached hydrogens (tertiary/aromatic N) is 2. The van der Waals surface area contributed by atoms with Gasteiger partial charge in [-0.3, -0.25) is 4.99 Å². The van der Waals surface area contributed by atoms with Crippen molar-refractivity contribution in [2.75, 3.05) is 21.2 Å². The van der Waals surface area contributed by atoms with Crippen molar-refractivity contribution in [3.63, 3.8) is 0 Å². The number of guanidine groups is 1. The fourth-order valence-electron chi connectivity index (χ4n) is 2.69. The van der Waals surface area contributed by atoms with Crippen LogP contribution in [-0.4, -0.2) is 38.7 Å². The lowest BCUT2D eigenvalue weighted by Crippen LogP contribution is -2.38. The van der Waals surface area contributed by atoms with Crippen molar-refractivity contribution in [3.8, 4) is 5.75 Å². The summed E-state index contributed by atoms with van der Waals surface area (Å²) < 4.78 is 34.0. The number of halogens is 2. The van der Waals surface area contributed by atoms with Crippen LogP contribution in [0, 0.1) is 0 Å². The van der Waals surface area contributed by atoms with Gasteiger partial charge in [0.15, 0.2) is 5.96 Å². The molecule has 2 aromatic rings. The molecule has 5 nitrogen and oxygen atoms in total.